The van der Waals surface area contributed by atoms with Crippen LogP contribution >= 0.6 is 11.3 Å². The van der Waals surface area contributed by atoms with Crippen LogP contribution in [-0.4, -0.2) is 119 Å². The molecule has 2 atom stereocenters. The summed E-state index contributed by atoms with van der Waals surface area (Å²) in [4.78, 5) is 39.6. The number of carbonyl (C=O) groups excluding carboxylic acids is 1. The first kappa shape index (κ1) is 31.5. The number of aromatic nitrogens is 4. The first-order valence-electron chi connectivity index (χ1n) is 16.6. The van der Waals surface area contributed by atoms with Crippen LogP contribution in [0.3, 0.4) is 0 Å². The fraction of sp³-hybridized carbons (Fsp3) is 0.576. The zero-order valence-electron chi connectivity index (χ0n) is 27.5. The number of fused-ring (bicyclic) bond motifs is 1. The summed E-state index contributed by atoms with van der Waals surface area (Å²) in [5, 5.41) is 15.0. The van der Waals surface area contributed by atoms with E-state index in [1.165, 1.54) is 17.4 Å². The molecule has 1 amide bonds. The monoisotopic (exact) mass is 657 g/mol. The number of nitrogens with two attached hydrogens (primary N) is 1. The van der Waals surface area contributed by atoms with E-state index in [1.807, 2.05) is 11.0 Å². The summed E-state index contributed by atoms with van der Waals surface area (Å²) < 4.78 is 6.00. The average molecular weight is 658 g/mol. The molecule has 6 heterocycles. The molecule has 47 heavy (non-hydrogen) atoms. The summed E-state index contributed by atoms with van der Waals surface area (Å²) in [7, 11) is 2.16. The van der Waals surface area contributed by atoms with E-state index >= 15 is 0 Å². The van der Waals surface area contributed by atoms with Gasteiger partial charge in [-0.3, -0.25) is 9.69 Å². The molecule has 3 aliphatic heterocycles. The Bertz CT molecular complexity index is 1700. The molecule has 1 aliphatic carbocycles. The Kier molecular flexibility index (Phi) is 8.40. The molecule has 13 nitrogen and oxygen atoms in total. The highest BCUT2D eigenvalue weighted by Gasteiger charge is 2.43. The zero-order chi connectivity index (χ0) is 32.9. The van der Waals surface area contributed by atoms with Crippen LogP contribution in [0, 0.1) is 11.3 Å². The molecule has 14 heteroatoms. The van der Waals surface area contributed by atoms with E-state index in [0.29, 0.717) is 40.0 Å². The number of thiophene rings is 1. The number of amides is 1. The van der Waals surface area contributed by atoms with Crippen molar-refractivity contribution >= 4 is 34.0 Å². The molecule has 4 aliphatic rings. The first-order valence-corrected chi connectivity index (χ1v) is 17.4. The van der Waals surface area contributed by atoms with E-state index in [1.54, 1.807) is 0 Å². The van der Waals surface area contributed by atoms with Crippen LogP contribution < -0.4 is 15.5 Å². The standard InChI is InChI=1S/C33H43N11O2S/c1-5-27(45)42-14-12-41(13-15-42)22-19-43(20-22)26-16-24(36-32(37-26)44-11-7-10-40(4)18-21(44)2)30-38-31(46-39-30)33(3)9-6-8-25-28(33)23(17-34)29(35)47-25/h5,16,21-22H,1,6-15,18-20,35H2,2-4H3/t21-,33-/m0/s1. The van der Waals surface area contributed by atoms with Crippen molar-refractivity contribution in [2.45, 2.75) is 57.0 Å². The van der Waals surface area contributed by atoms with Gasteiger partial charge in [-0.15, -0.1) is 11.3 Å². The predicted molar refractivity (Wildman–Crippen MR) is 181 cm³/mol. The summed E-state index contributed by atoms with van der Waals surface area (Å²) >= 11 is 1.49. The molecule has 2 N–H and O–H groups in total. The summed E-state index contributed by atoms with van der Waals surface area (Å²) in [5.74, 6) is 2.42. The van der Waals surface area contributed by atoms with Gasteiger partial charge in [0.15, 0.2) is 0 Å². The van der Waals surface area contributed by atoms with Crippen molar-refractivity contribution in [3.8, 4) is 17.6 Å². The van der Waals surface area contributed by atoms with Gasteiger partial charge >= 0.3 is 0 Å². The number of nitrogen functional groups attached to an aromatic ring is 1. The van der Waals surface area contributed by atoms with E-state index in [-0.39, 0.29) is 11.9 Å². The number of anilines is 3. The molecule has 3 saturated heterocycles. The van der Waals surface area contributed by atoms with Gasteiger partial charge in [0, 0.05) is 80.9 Å². The van der Waals surface area contributed by atoms with E-state index in [9.17, 15) is 10.1 Å². The minimum Gasteiger partial charge on any atom is -0.389 e. The molecule has 0 unspecified atom stereocenters. The zero-order valence-corrected chi connectivity index (χ0v) is 28.3. The lowest BCUT2D eigenvalue weighted by atomic mass is 9.72. The van der Waals surface area contributed by atoms with Crippen LogP contribution in [0.5, 0.6) is 0 Å². The summed E-state index contributed by atoms with van der Waals surface area (Å²) in [6.45, 7) is 15.6. The van der Waals surface area contributed by atoms with Crippen LogP contribution in [0.4, 0.5) is 16.8 Å². The van der Waals surface area contributed by atoms with Crippen LogP contribution in [0.1, 0.15) is 55.0 Å². The molecule has 0 saturated carbocycles. The maximum absolute atomic E-state index is 12.1. The Morgan fingerprint density at radius 2 is 1.94 bits per heavy atom. The molecule has 0 aromatic carbocycles. The lowest BCUT2D eigenvalue weighted by Crippen LogP contribution is -2.63. The van der Waals surface area contributed by atoms with E-state index < -0.39 is 5.41 Å². The van der Waals surface area contributed by atoms with Crippen molar-refractivity contribution in [1.82, 2.24) is 34.8 Å². The maximum Gasteiger partial charge on any atom is 0.246 e. The molecular weight excluding hydrogens is 615 g/mol. The predicted octanol–water partition coefficient (Wildman–Crippen LogP) is 2.73. The third-order valence-corrected chi connectivity index (χ3v) is 11.5. The number of nitriles is 1. The minimum atomic E-state index is -0.606. The van der Waals surface area contributed by atoms with Gasteiger partial charge in [0.25, 0.3) is 0 Å². The fourth-order valence-electron chi connectivity index (χ4n) is 7.67. The van der Waals surface area contributed by atoms with Crippen molar-refractivity contribution in [3.63, 3.8) is 0 Å². The number of hydrogen-bond donors (Lipinski definition) is 1. The summed E-state index contributed by atoms with van der Waals surface area (Å²) in [6.07, 6.45) is 5.05. The summed E-state index contributed by atoms with van der Waals surface area (Å²) in [6, 6.07) is 4.93. The molecule has 0 spiro atoms. The Balaban J connectivity index is 1.18. The third-order valence-electron chi connectivity index (χ3n) is 10.4. The van der Waals surface area contributed by atoms with Crippen molar-refractivity contribution in [2.24, 2.45) is 0 Å². The normalized spacial score (nSPS) is 24.4. The number of carbonyl (C=O) groups is 1. The Hall–Kier alpha value is -4.06. The van der Waals surface area contributed by atoms with Crippen molar-refractivity contribution in [3.05, 3.63) is 40.6 Å². The molecule has 3 aromatic heterocycles. The van der Waals surface area contributed by atoms with Crippen LogP contribution in [-0.2, 0) is 16.6 Å². The smallest absolute Gasteiger partial charge is 0.246 e. The topological polar surface area (TPSA) is 148 Å². The number of hydrogen-bond acceptors (Lipinski definition) is 13. The molecular formula is C33H43N11O2S. The van der Waals surface area contributed by atoms with E-state index in [2.05, 4.69) is 58.3 Å². The average Bonchev–Trinajstić information content (AvgIpc) is 3.63. The number of piperazine rings is 1. The van der Waals surface area contributed by atoms with Crippen molar-refractivity contribution in [1.29, 1.82) is 5.26 Å². The Morgan fingerprint density at radius 3 is 2.68 bits per heavy atom. The SMILES string of the molecule is C=CC(=O)N1CCN(C2CN(c3cc(-c4noc([C@@]5(C)CCCc6sc(N)c(C#N)c65)n4)nc(N4CCCN(C)C[C@@H]4C)n3)C2)CC1. The third kappa shape index (κ3) is 5.74. The van der Waals surface area contributed by atoms with Gasteiger partial charge in [-0.1, -0.05) is 11.7 Å². The van der Waals surface area contributed by atoms with Gasteiger partial charge in [-0.2, -0.15) is 15.2 Å². The lowest BCUT2D eigenvalue weighted by molar-refractivity contribution is -0.128. The molecule has 3 fully saturated rings. The highest BCUT2D eigenvalue weighted by molar-refractivity contribution is 7.16. The quantitative estimate of drug-likeness (QED) is 0.389. The van der Waals surface area contributed by atoms with Gasteiger partial charge in [0.2, 0.25) is 23.6 Å². The highest BCUT2D eigenvalue weighted by atomic mass is 32.1. The maximum atomic E-state index is 12.1. The van der Waals surface area contributed by atoms with Crippen LogP contribution in [0.15, 0.2) is 23.2 Å². The second-order valence-corrected chi connectivity index (χ2v) is 14.7. The Labute approximate surface area is 279 Å². The van der Waals surface area contributed by atoms with Crippen LogP contribution in [0.25, 0.3) is 11.5 Å². The largest absolute Gasteiger partial charge is 0.389 e. The number of aryl methyl sites for hydroxylation is 1. The van der Waals surface area contributed by atoms with Gasteiger partial charge in [0.05, 0.1) is 11.0 Å². The Morgan fingerprint density at radius 1 is 1.15 bits per heavy atom. The molecule has 7 rings (SSSR count). The minimum absolute atomic E-state index is 0.00219. The molecule has 0 radical (unpaired) electrons. The van der Waals surface area contributed by atoms with Crippen molar-refractivity contribution < 1.29 is 9.32 Å². The van der Waals surface area contributed by atoms with Gasteiger partial charge in [-0.05, 0) is 59.2 Å². The van der Waals surface area contributed by atoms with E-state index in [0.717, 1.165) is 101 Å². The number of nitrogens with zero attached hydrogens (tertiary/aromatic N) is 10. The van der Waals surface area contributed by atoms with Crippen LogP contribution in [0.2, 0.25) is 0 Å². The van der Waals surface area contributed by atoms with E-state index in [4.69, 9.17) is 25.2 Å². The molecule has 0 bridgehead atoms. The van der Waals surface area contributed by atoms with Gasteiger partial charge < -0.3 is 29.9 Å². The van der Waals surface area contributed by atoms with Gasteiger partial charge in [-0.25, -0.2) is 4.98 Å². The summed E-state index contributed by atoms with van der Waals surface area (Å²) in [5.41, 5.74) is 7.74. The molecule has 248 valence electrons. The highest BCUT2D eigenvalue weighted by Crippen LogP contribution is 2.48. The number of likely N-dealkylation sites (N-methyl/N-ethyl adjacent to an activating group) is 1. The first-order chi connectivity index (χ1) is 22.7. The van der Waals surface area contributed by atoms with Crippen molar-refractivity contribution in [2.75, 3.05) is 81.5 Å². The second-order valence-electron chi connectivity index (χ2n) is 13.6. The second kappa shape index (κ2) is 12.5. The number of rotatable bonds is 6. The van der Waals surface area contributed by atoms with Gasteiger partial charge in [0.1, 0.15) is 22.6 Å². The molecule has 3 aromatic rings. The lowest BCUT2D eigenvalue weighted by Gasteiger charge is -2.48. The fourth-order valence-corrected chi connectivity index (χ4v) is 8.86.